The maximum Gasteiger partial charge on any atom is 0.234 e. The van der Waals surface area contributed by atoms with Crippen LogP contribution in [0.5, 0.6) is 0 Å². The summed E-state index contributed by atoms with van der Waals surface area (Å²) >= 11 is 0. The van der Waals surface area contributed by atoms with E-state index in [4.69, 9.17) is 4.74 Å². The predicted molar refractivity (Wildman–Crippen MR) is 78.2 cm³/mol. The Bertz CT molecular complexity index is 240. The molecule has 0 aromatic rings. The zero-order chi connectivity index (χ0) is 13.9. The number of hydrogen-bond donors (Lipinski definition) is 1. The van der Waals surface area contributed by atoms with Gasteiger partial charge in [-0.2, -0.15) is 0 Å². The van der Waals surface area contributed by atoms with Gasteiger partial charge in [0.2, 0.25) is 5.91 Å². The summed E-state index contributed by atoms with van der Waals surface area (Å²) in [5.74, 6) is 0.990. The number of nitrogens with one attached hydrogen (secondary N) is 1. The van der Waals surface area contributed by atoms with Gasteiger partial charge in [0.05, 0.1) is 6.54 Å². The first-order valence-corrected chi connectivity index (χ1v) is 7.66. The van der Waals surface area contributed by atoms with Gasteiger partial charge in [-0.3, -0.25) is 9.69 Å². The maximum atomic E-state index is 11.7. The van der Waals surface area contributed by atoms with Gasteiger partial charge in [-0.25, -0.2) is 0 Å². The number of carbonyl (C=O) groups is 1. The molecule has 1 N–H and O–H groups in total. The number of likely N-dealkylation sites (N-methyl/N-ethyl adjacent to an activating group) is 1. The molecule has 1 aliphatic rings. The molecule has 4 nitrogen and oxygen atoms in total. The van der Waals surface area contributed by atoms with Crippen molar-refractivity contribution >= 4 is 5.91 Å². The second-order valence-corrected chi connectivity index (χ2v) is 5.73. The third kappa shape index (κ3) is 8.22. The Morgan fingerprint density at radius 2 is 2.05 bits per heavy atom. The number of carbonyl (C=O) groups excluding carboxylic acids is 1. The van der Waals surface area contributed by atoms with Crippen molar-refractivity contribution in [3.8, 4) is 0 Å². The molecule has 0 unspecified atom stereocenters. The molecule has 0 heterocycles. The molecule has 1 fully saturated rings. The highest BCUT2D eigenvalue weighted by atomic mass is 16.5. The predicted octanol–water partition coefficient (Wildman–Crippen LogP) is 2.04. The molecule has 0 aromatic heterocycles. The number of methoxy groups -OCH3 is 1. The molecule has 0 radical (unpaired) electrons. The Balaban J connectivity index is 2.00. The maximum absolute atomic E-state index is 11.7. The van der Waals surface area contributed by atoms with E-state index in [-0.39, 0.29) is 5.91 Å². The van der Waals surface area contributed by atoms with Crippen LogP contribution >= 0.6 is 0 Å². The highest BCUT2D eigenvalue weighted by Crippen LogP contribution is 2.25. The third-order valence-electron chi connectivity index (χ3n) is 3.90. The summed E-state index contributed by atoms with van der Waals surface area (Å²) in [6.07, 6.45) is 8.98. The summed E-state index contributed by atoms with van der Waals surface area (Å²) in [6, 6.07) is 0. The lowest BCUT2D eigenvalue weighted by molar-refractivity contribution is -0.122. The summed E-state index contributed by atoms with van der Waals surface area (Å²) in [4.78, 5) is 13.8. The van der Waals surface area contributed by atoms with Crippen LogP contribution in [-0.4, -0.2) is 51.2 Å². The molecule has 1 aliphatic carbocycles. The summed E-state index contributed by atoms with van der Waals surface area (Å²) in [5.41, 5.74) is 0. The smallest absolute Gasteiger partial charge is 0.234 e. The van der Waals surface area contributed by atoms with Crippen LogP contribution < -0.4 is 5.32 Å². The van der Waals surface area contributed by atoms with Crippen molar-refractivity contribution in [2.75, 3.05) is 40.4 Å². The van der Waals surface area contributed by atoms with Crippen LogP contribution in [0.3, 0.4) is 0 Å². The molecule has 0 saturated heterocycles. The van der Waals surface area contributed by atoms with E-state index in [2.05, 4.69) is 10.2 Å². The molecule has 0 atom stereocenters. The topological polar surface area (TPSA) is 41.6 Å². The fraction of sp³-hybridized carbons (Fsp3) is 0.933. The zero-order valence-electron chi connectivity index (χ0n) is 12.6. The van der Waals surface area contributed by atoms with E-state index >= 15 is 0 Å². The molecule has 112 valence electrons. The van der Waals surface area contributed by atoms with E-state index in [1.54, 1.807) is 7.11 Å². The monoisotopic (exact) mass is 270 g/mol. The van der Waals surface area contributed by atoms with Gasteiger partial charge in [-0.15, -0.1) is 0 Å². The van der Waals surface area contributed by atoms with E-state index in [1.165, 1.54) is 32.1 Å². The first-order chi connectivity index (χ1) is 9.22. The fourth-order valence-electron chi connectivity index (χ4n) is 2.75. The van der Waals surface area contributed by atoms with Crippen LogP contribution in [0.1, 0.15) is 44.9 Å². The molecule has 0 bridgehead atoms. The number of nitrogens with zero attached hydrogens (tertiary/aromatic N) is 1. The Morgan fingerprint density at radius 1 is 1.32 bits per heavy atom. The van der Waals surface area contributed by atoms with Crippen molar-refractivity contribution in [3.63, 3.8) is 0 Å². The SMILES string of the molecule is COCCCN(C)CC(=O)NCCC1CCCCC1. The first-order valence-electron chi connectivity index (χ1n) is 7.66. The third-order valence-corrected chi connectivity index (χ3v) is 3.90. The van der Waals surface area contributed by atoms with Crippen molar-refractivity contribution in [2.24, 2.45) is 5.92 Å². The highest BCUT2D eigenvalue weighted by molar-refractivity contribution is 5.77. The van der Waals surface area contributed by atoms with Crippen LogP contribution in [0.25, 0.3) is 0 Å². The van der Waals surface area contributed by atoms with Gasteiger partial charge in [-0.05, 0) is 25.8 Å². The highest BCUT2D eigenvalue weighted by Gasteiger charge is 2.13. The summed E-state index contributed by atoms with van der Waals surface area (Å²) in [5, 5.41) is 3.04. The molecule has 4 heteroatoms. The van der Waals surface area contributed by atoms with Gasteiger partial charge in [0, 0.05) is 26.8 Å². The van der Waals surface area contributed by atoms with Crippen LogP contribution in [0.4, 0.5) is 0 Å². The van der Waals surface area contributed by atoms with Crippen molar-refractivity contribution in [1.82, 2.24) is 10.2 Å². The van der Waals surface area contributed by atoms with Gasteiger partial charge in [0.15, 0.2) is 0 Å². The van der Waals surface area contributed by atoms with E-state index in [9.17, 15) is 4.79 Å². The van der Waals surface area contributed by atoms with Gasteiger partial charge < -0.3 is 10.1 Å². The molecule has 0 aliphatic heterocycles. The minimum atomic E-state index is 0.149. The lowest BCUT2D eigenvalue weighted by atomic mass is 9.87. The number of rotatable bonds is 9. The van der Waals surface area contributed by atoms with Gasteiger partial charge in [-0.1, -0.05) is 32.1 Å². The molecular formula is C15H30N2O2. The molecule has 1 saturated carbocycles. The average molecular weight is 270 g/mol. The van der Waals surface area contributed by atoms with Crippen LogP contribution in [-0.2, 0) is 9.53 Å². The quantitative estimate of drug-likeness (QED) is 0.652. The van der Waals surface area contributed by atoms with Crippen LogP contribution in [0, 0.1) is 5.92 Å². The normalized spacial score (nSPS) is 16.8. The van der Waals surface area contributed by atoms with Gasteiger partial charge >= 0.3 is 0 Å². The summed E-state index contributed by atoms with van der Waals surface area (Å²) in [7, 11) is 3.69. The van der Waals surface area contributed by atoms with Crippen molar-refractivity contribution in [2.45, 2.75) is 44.9 Å². The average Bonchev–Trinajstić information content (AvgIpc) is 2.40. The second-order valence-electron chi connectivity index (χ2n) is 5.73. The Morgan fingerprint density at radius 3 is 2.74 bits per heavy atom. The Labute approximate surface area is 117 Å². The summed E-state index contributed by atoms with van der Waals surface area (Å²) in [6.45, 7) is 3.00. The molecule has 1 amide bonds. The molecule has 1 rings (SSSR count). The minimum absolute atomic E-state index is 0.149. The van der Waals surface area contributed by atoms with E-state index in [1.807, 2.05) is 7.05 Å². The molecular weight excluding hydrogens is 240 g/mol. The van der Waals surface area contributed by atoms with E-state index in [0.717, 1.165) is 38.5 Å². The molecule has 19 heavy (non-hydrogen) atoms. The van der Waals surface area contributed by atoms with E-state index in [0.29, 0.717) is 6.54 Å². The number of amides is 1. The number of ether oxygens (including phenoxy) is 1. The minimum Gasteiger partial charge on any atom is -0.385 e. The lowest BCUT2D eigenvalue weighted by Gasteiger charge is -2.22. The van der Waals surface area contributed by atoms with Gasteiger partial charge in [0.1, 0.15) is 0 Å². The van der Waals surface area contributed by atoms with Crippen molar-refractivity contribution in [1.29, 1.82) is 0 Å². The standard InChI is InChI=1S/C15H30N2O2/c1-17(11-6-12-19-2)13-15(18)16-10-9-14-7-4-3-5-8-14/h14H,3-13H2,1-2H3,(H,16,18). The second kappa shape index (κ2) is 10.2. The van der Waals surface area contributed by atoms with Crippen LogP contribution in [0.15, 0.2) is 0 Å². The number of hydrogen-bond acceptors (Lipinski definition) is 3. The largest absolute Gasteiger partial charge is 0.385 e. The van der Waals surface area contributed by atoms with Crippen LogP contribution in [0.2, 0.25) is 0 Å². The fourth-order valence-corrected chi connectivity index (χ4v) is 2.75. The Hall–Kier alpha value is -0.610. The molecule has 0 spiro atoms. The lowest BCUT2D eigenvalue weighted by Crippen LogP contribution is -2.36. The van der Waals surface area contributed by atoms with Gasteiger partial charge in [0.25, 0.3) is 0 Å². The Kier molecular flexibility index (Phi) is 8.84. The summed E-state index contributed by atoms with van der Waals surface area (Å²) < 4.78 is 5.00. The van der Waals surface area contributed by atoms with Crippen molar-refractivity contribution in [3.05, 3.63) is 0 Å². The van der Waals surface area contributed by atoms with Crippen molar-refractivity contribution < 1.29 is 9.53 Å². The zero-order valence-corrected chi connectivity index (χ0v) is 12.6. The first kappa shape index (κ1) is 16.4. The molecule has 0 aromatic carbocycles. The van der Waals surface area contributed by atoms with E-state index < -0.39 is 0 Å².